The van der Waals surface area contributed by atoms with E-state index in [1.54, 1.807) is 25.1 Å². The summed E-state index contributed by atoms with van der Waals surface area (Å²) in [6.45, 7) is 4.57. The molecule has 2 rings (SSSR count). The summed E-state index contributed by atoms with van der Waals surface area (Å²) in [5.41, 5.74) is 2.52. The highest BCUT2D eigenvalue weighted by atomic mass is 35.5. The lowest BCUT2D eigenvalue weighted by Crippen LogP contribution is -2.23. The highest BCUT2D eigenvalue weighted by molar-refractivity contribution is 6.42. The molecule has 0 heterocycles. The molecule has 0 spiro atoms. The van der Waals surface area contributed by atoms with E-state index in [4.69, 9.17) is 23.2 Å². The van der Waals surface area contributed by atoms with Gasteiger partial charge in [-0.15, -0.1) is 0 Å². The van der Waals surface area contributed by atoms with Gasteiger partial charge >= 0.3 is 0 Å². The van der Waals surface area contributed by atoms with Crippen LogP contribution in [0, 0.1) is 12.7 Å². The summed E-state index contributed by atoms with van der Waals surface area (Å²) < 4.78 is 13.8. The Morgan fingerprint density at radius 1 is 1.19 bits per heavy atom. The van der Waals surface area contributed by atoms with Crippen LogP contribution < -0.4 is 5.32 Å². The van der Waals surface area contributed by atoms with Crippen molar-refractivity contribution in [3.63, 3.8) is 0 Å². The second kappa shape index (κ2) is 7.26. The Balaban J connectivity index is 2.30. The van der Waals surface area contributed by atoms with Crippen LogP contribution in [0.4, 0.5) is 4.39 Å². The summed E-state index contributed by atoms with van der Waals surface area (Å²) in [6.07, 6.45) is 0.662. The molecule has 0 radical (unpaired) electrons. The van der Waals surface area contributed by atoms with Gasteiger partial charge in [0, 0.05) is 6.04 Å². The van der Waals surface area contributed by atoms with E-state index < -0.39 is 0 Å². The first-order valence-electron chi connectivity index (χ1n) is 6.95. The number of benzene rings is 2. The second-order valence-electron chi connectivity index (χ2n) is 5.04. The van der Waals surface area contributed by atoms with Gasteiger partial charge < -0.3 is 5.32 Å². The molecule has 0 saturated carbocycles. The van der Waals surface area contributed by atoms with Gasteiger partial charge in [0.2, 0.25) is 0 Å². The number of hydrogen-bond donors (Lipinski definition) is 1. The monoisotopic (exact) mass is 325 g/mol. The molecule has 1 N–H and O–H groups in total. The zero-order chi connectivity index (χ0) is 15.4. The normalized spacial score (nSPS) is 12.4. The number of nitrogens with one attached hydrogen (secondary N) is 1. The highest BCUT2D eigenvalue weighted by Gasteiger charge is 2.15. The van der Waals surface area contributed by atoms with Crippen molar-refractivity contribution < 1.29 is 4.39 Å². The zero-order valence-corrected chi connectivity index (χ0v) is 13.6. The van der Waals surface area contributed by atoms with E-state index in [1.807, 2.05) is 25.1 Å². The van der Waals surface area contributed by atoms with Gasteiger partial charge in [0.25, 0.3) is 0 Å². The molecule has 0 aliphatic heterocycles. The highest BCUT2D eigenvalue weighted by Crippen LogP contribution is 2.29. The lowest BCUT2D eigenvalue weighted by atomic mass is 9.97. The Morgan fingerprint density at radius 2 is 1.95 bits per heavy atom. The molecule has 0 aliphatic rings. The third-order valence-electron chi connectivity index (χ3n) is 3.50. The van der Waals surface area contributed by atoms with Gasteiger partial charge in [0.15, 0.2) is 0 Å². The minimum atomic E-state index is -0.187. The molecule has 1 nitrogen and oxygen atoms in total. The van der Waals surface area contributed by atoms with Crippen LogP contribution in [0.25, 0.3) is 0 Å². The van der Waals surface area contributed by atoms with E-state index in [9.17, 15) is 4.39 Å². The molecule has 2 aromatic rings. The number of rotatable bonds is 5. The summed E-state index contributed by atoms with van der Waals surface area (Å²) in [5.74, 6) is -0.187. The molecule has 0 bridgehead atoms. The minimum Gasteiger partial charge on any atom is -0.310 e. The van der Waals surface area contributed by atoms with E-state index in [0.29, 0.717) is 22.0 Å². The van der Waals surface area contributed by atoms with Crippen LogP contribution in [0.1, 0.15) is 29.7 Å². The fraction of sp³-hybridized carbons (Fsp3) is 0.294. The van der Waals surface area contributed by atoms with Crippen molar-refractivity contribution in [1.29, 1.82) is 0 Å². The molecule has 112 valence electrons. The lowest BCUT2D eigenvalue weighted by Gasteiger charge is -2.20. The number of likely N-dealkylation sites (N-methyl/N-ethyl adjacent to an activating group) is 1. The van der Waals surface area contributed by atoms with Crippen LogP contribution >= 0.6 is 23.2 Å². The molecule has 0 amide bonds. The predicted molar refractivity (Wildman–Crippen MR) is 87.7 cm³/mol. The van der Waals surface area contributed by atoms with E-state index in [0.717, 1.165) is 17.7 Å². The summed E-state index contributed by atoms with van der Waals surface area (Å²) >= 11 is 12.3. The average molecular weight is 326 g/mol. The van der Waals surface area contributed by atoms with Gasteiger partial charge in [-0.25, -0.2) is 4.39 Å². The Morgan fingerprint density at radius 3 is 2.62 bits per heavy atom. The molecule has 2 aromatic carbocycles. The van der Waals surface area contributed by atoms with Crippen molar-refractivity contribution in [2.24, 2.45) is 0 Å². The van der Waals surface area contributed by atoms with Gasteiger partial charge in [-0.1, -0.05) is 54.4 Å². The third-order valence-corrected chi connectivity index (χ3v) is 4.36. The Labute approximate surface area is 135 Å². The molecule has 0 aromatic heterocycles. The molecule has 1 atom stereocenters. The van der Waals surface area contributed by atoms with E-state index in [2.05, 4.69) is 5.32 Å². The van der Waals surface area contributed by atoms with Crippen LogP contribution in [-0.2, 0) is 6.42 Å². The van der Waals surface area contributed by atoms with Gasteiger partial charge in [-0.05, 0) is 48.7 Å². The van der Waals surface area contributed by atoms with E-state index in [1.165, 1.54) is 0 Å². The molecule has 0 saturated heterocycles. The Bertz CT molecular complexity index is 628. The van der Waals surface area contributed by atoms with Crippen LogP contribution in [-0.4, -0.2) is 6.54 Å². The second-order valence-corrected chi connectivity index (χ2v) is 5.82. The molecule has 4 heteroatoms. The van der Waals surface area contributed by atoms with Crippen LogP contribution in [0.15, 0.2) is 36.4 Å². The van der Waals surface area contributed by atoms with Crippen LogP contribution in [0.3, 0.4) is 0 Å². The number of halogens is 3. The summed E-state index contributed by atoms with van der Waals surface area (Å²) in [7, 11) is 0. The van der Waals surface area contributed by atoms with Crippen molar-refractivity contribution >= 4 is 23.2 Å². The minimum absolute atomic E-state index is 0.000988. The summed E-state index contributed by atoms with van der Waals surface area (Å²) in [6, 6.07) is 10.9. The summed E-state index contributed by atoms with van der Waals surface area (Å²) in [5, 5.41) is 4.48. The van der Waals surface area contributed by atoms with Crippen molar-refractivity contribution in [1.82, 2.24) is 5.32 Å². The first-order chi connectivity index (χ1) is 10.0. The van der Waals surface area contributed by atoms with Crippen LogP contribution in [0.2, 0.25) is 10.0 Å². The molecule has 21 heavy (non-hydrogen) atoms. The topological polar surface area (TPSA) is 12.0 Å². The molecular formula is C17H18Cl2FN. The van der Waals surface area contributed by atoms with Gasteiger partial charge in [-0.3, -0.25) is 0 Å². The van der Waals surface area contributed by atoms with Crippen molar-refractivity contribution in [3.05, 3.63) is 69.0 Å². The molecular weight excluding hydrogens is 308 g/mol. The van der Waals surface area contributed by atoms with E-state index >= 15 is 0 Å². The van der Waals surface area contributed by atoms with Gasteiger partial charge in [0.05, 0.1) is 10.0 Å². The average Bonchev–Trinajstić information content (AvgIpc) is 2.46. The maximum atomic E-state index is 13.8. The summed E-state index contributed by atoms with van der Waals surface area (Å²) in [4.78, 5) is 0. The van der Waals surface area contributed by atoms with Crippen molar-refractivity contribution in [2.45, 2.75) is 26.3 Å². The first-order valence-corrected chi connectivity index (χ1v) is 7.70. The standard InChI is InChI=1S/C17H18Cl2FN/c1-3-21-16(12-8-7-11(2)15(20)9-12)10-13-5-4-6-14(18)17(13)19/h4-9,16,21H,3,10H2,1-2H3. The quantitative estimate of drug-likeness (QED) is 0.782. The third kappa shape index (κ3) is 3.97. The molecule has 1 unspecified atom stereocenters. The fourth-order valence-corrected chi connectivity index (χ4v) is 2.70. The largest absolute Gasteiger partial charge is 0.310 e. The maximum Gasteiger partial charge on any atom is 0.126 e. The van der Waals surface area contributed by atoms with E-state index in [-0.39, 0.29) is 11.9 Å². The van der Waals surface area contributed by atoms with Crippen molar-refractivity contribution in [2.75, 3.05) is 6.54 Å². The first kappa shape index (κ1) is 16.3. The smallest absolute Gasteiger partial charge is 0.126 e. The van der Waals surface area contributed by atoms with Gasteiger partial charge in [0.1, 0.15) is 5.82 Å². The number of hydrogen-bond acceptors (Lipinski definition) is 1. The Hall–Kier alpha value is -1.09. The maximum absolute atomic E-state index is 13.8. The molecule has 0 aliphatic carbocycles. The van der Waals surface area contributed by atoms with Gasteiger partial charge in [-0.2, -0.15) is 0 Å². The fourth-order valence-electron chi connectivity index (χ4n) is 2.31. The lowest BCUT2D eigenvalue weighted by molar-refractivity contribution is 0.541. The van der Waals surface area contributed by atoms with Crippen molar-refractivity contribution in [3.8, 4) is 0 Å². The zero-order valence-electron chi connectivity index (χ0n) is 12.1. The SMILES string of the molecule is CCNC(Cc1cccc(Cl)c1Cl)c1ccc(C)c(F)c1. The Kier molecular flexibility index (Phi) is 5.63. The van der Waals surface area contributed by atoms with Crippen LogP contribution in [0.5, 0.6) is 0 Å². The number of aryl methyl sites for hydroxylation is 1. The molecule has 0 fully saturated rings. The predicted octanol–water partition coefficient (Wildman–Crippen LogP) is 5.33.